The Bertz CT molecular complexity index is 1360. The van der Waals surface area contributed by atoms with E-state index in [1.807, 2.05) is 18.2 Å². The molecule has 0 aliphatic carbocycles. The van der Waals surface area contributed by atoms with E-state index in [4.69, 9.17) is 27.6 Å². The lowest BCUT2D eigenvalue weighted by molar-refractivity contribution is 0.0997. The average molecular weight is 456 g/mol. The van der Waals surface area contributed by atoms with Gasteiger partial charge in [0.05, 0.1) is 10.0 Å². The summed E-state index contributed by atoms with van der Waals surface area (Å²) in [5, 5.41) is 16.7. The first kappa shape index (κ1) is 18.8. The monoisotopic (exact) mass is 455 g/mol. The van der Waals surface area contributed by atoms with Crippen LogP contribution in [-0.2, 0) is 0 Å². The molecular formula is C20H11Cl2N5O2S. The molecule has 5 rings (SSSR count). The van der Waals surface area contributed by atoms with Crippen molar-refractivity contribution in [2.75, 3.05) is 5.32 Å². The maximum Gasteiger partial charge on any atom is 0.291 e. The number of amides is 1. The Morgan fingerprint density at radius 2 is 1.93 bits per heavy atom. The van der Waals surface area contributed by atoms with Gasteiger partial charge in [-0.3, -0.25) is 4.79 Å². The van der Waals surface area contributed by atoms with Gasteiger partial charge in [-0.05, 0) is 42.5 Å². The van der Waals surface area contributed by atoms with E-state index in [0.717, 1.165) is 16.1 Å². The molecule has 3 heterocycles. The summed E-state index contributed by atoms with van der Waals surface area (Å²) >= 11 is 13.4. The highest BCUT2D eigenvalue weighted by Crippen LogP contribution is 2.30. The minimum Gasteiger partial charge on any atom is -0.451 e. The van der Waals surface area contributed by atoms with Gasteiger partial charge in [0.15, 0.2) is 5.76 Å². The van der Waals surface area contributed by atoms with Gasteiger partial charge in [-0.2, -0.15) is 9.61 Å². The second kappa shape index (κ2) is 7.56. The maximum atomic E-state index is 12.6. The molecule has 7 nitrogen and oxygen atoms in total. The van der Waals surface area contributed by atoms with E-state index in [9.17, 15) is 4.79 Å². The zero-order valence-corrected chi connectivity index (χ0v) is 17.4. The largest absolute Gasteiger partial charge is 0.451 e. The Morgan fingerprint density at radius 3 is 2.77 bits per heavy atom. The molecule has 0 saturated heterocycles. The fraction of sp³-hybridized carbons (Fsp3) is 0. The number of aromatic nitrogens is 4. The second-order valence-electron chi connectivity index (χ2n) is 6.29. The molecule has 1 amide bonds. The molecule has 30 heavy (non-hydrogen) atoms. The van der Waals surface area contributed by atoms with Crippen LogP contribution in [0.5, 0.6) is 0 Å². The molecular weight excluding hydrogens is 445 g/mol. The molecule has 1 N–H and O–H groups in total. The van der Waals surface area contributed by atoms with Crippen molar-refractivity contribution >= 4 is 51.1 Å². The number of carbonyl (C=O) groups is 1. The van der Waals surface area contributed by atoms with E-state index in [1.165, 1.54) is 11.3 Å². The van der Waals surface area contributed by atoms with Gasteiger partial charge in [0, 0.05) is 16.8 Å². The van der Waals surface area contributed by atoms with Crippen LogP contribution in [-0.4, -0.2) is 25.7 Å². The highest BCUT2D eigenvalue weighted by atomic mass is 35.5. The summed E-state index contributed by atoms with van der Waals surface area (Å²) in [6, 6.07) is 15.9. The summed E-state index contributed by atoms with van der Waals surface area (Å²) < 4.78 is 7.31. The van der Waals surface area contributed by atoms with E-state index >= 15 is 0 Å². The van der Waals surface area contributed by atoms with Crippen molar-refractivity contribution in [1.29, 1.82) is 0 Å². The van der Waals surface area contributed by atoms with Crippen LogP contribution in [0.15, 0.2) is 65.3 Å². The number of benzene rings is 2. The van der Waals surface area contributed by atoms with Crippen LogP contribution in [0.25, 0.3) is 26.9 Å². The maximum absolute atomic E-state index is 12.6. The molecule has 0 bridgehead atoms. The Morgan fingerprint density at radius 1 is 1.03 bits per heavy atom. The van der Waals surface area contributed by atoms with Crippen molar-refractivity contribution < 1.29 is 9.21 Å². The first-order valence-corrected chi connectivity index (χ1v) is 10.3. The van der Waals surface area contributed by atoms with Crippen LogP contribution in [0.1, 0.15) is 10.6 Å². The minimum absolute atomic E-state index is 0.181. The van der Waals surface area contributed by atoms with Crippen molar-refractivity contribution in [2.45, 2.75) is 0 Å². The summed E-state index contributed by atoms with van der Waals surface area (Å²) in [6.07, 6.45) is 1.54. The molecule has 0 radical (unpaired) electrons. The van der Waals surface area contributed by atoms with Crippen LogP contribution in [0.3, 0.4) is 0 Å². The van der Waals surface area contributed by atoms with E-state index in [2.05, 4.69) is 20.6 Å². The summed E-state index contributed by atoms with van der Waals surface area (Å²) in [7, 11) is 0. The Labute approximate surface area is 183 Å². The zero-order valence-electron chi connectivity index (χ0n) is 15.0. The molecule has 0 spiro atoms. The number of hydrogen-bond acceptors (Lipinski definition) is 6. The number of fused-ring (bicyclic) bond motifs is 1. The van der Waals surface area contributed by atoms with Crippen LogP contribution in [0.4, 0.5) is 5.69 Å². The zero-order chi connectivity index (χ0) is 20.7. The molecule has 148 valence electrons. The summed E-state index contributed by atoms with van der Waals surface area (Å²) in [5.41, 5.74) is 2.21. The Kier molecular flexibility index (Phi) is 4.74. The minimum atomic E-state index is -0.364. The molecule has 10 heteroatoms. The van der Waals surface area contributed by atoms with Crippen LogP contribution >= 0.6 is 34.5 Å². The third kappa shape index (κ3) is 3.56. The standard InChI is InChI=1S/C20H11Cl2N5O2S/c21-14-5-4-11(9-15(14)22)16-6-7-17(29-16)18(28)24-13-3-1-2-12(8-13)19-26-27-10-23-25-20(27)30-19/h1-10H,(H,24,28). The van der Waals surface area contributed by atoms with Gasteiger partial charge in [0.2, 0.25) is 4.96 Å². The van der Waals surface area contributed by atoms with Gasteiger partial charge in [-0.15, -0.1) is 10.2 Å². The number of furan rings is 1. The predicted octanol–water partition coefficient (Wildman–Crippen LogP) is 5.67. The molecule has 0 atom stereocenters. The molecule has 0 unspecified atom stereocenters. The van der Waals surface area contributed by atoms with E-state index in [-0.39, 0.29) is 11.7 Å². The fourth-order valence-electron chi connectivity index (χ4n) is 2.86. The number of nitrogens with zero attached hydrogens (tertiary/aromatic N) is 4. The summed E-state index contributed by atoms with van der Waals surface area (Å²) in [4.78, 5) is 13.3. The smallest absolute Gasteiger partial charge is 0.291 e. The van der Waals surface area contributed by atoms with Crippen molar-refractivity contribution in [1.82, 2.24) is 19.8 Å². The van der Waals surface area contributed by atoms with Gasteiger partial charge in [0.25, 0.3) is 5.91 Å². The van der Waals surface area contributed by atoms with Gasteiger partial charge in [-0.25, -0.2) is 0 Å². The first-order chi connectivity index (χ1) is 14.6. The third-order valence-electron chi connectivity index (χ3n) is 4.29. The van der Waals surface area contributed by atoms with Gasteiger partial charge in [-0.1, -0.05) is 46.7 Å². The second-order valence-corrected chi connectivity index (χ2v) is 8.06. The van der Waals surface area contributed by atoms with Gasteiger partial charge >= 0.3 is 0 Å². The molecule has 0 saturated carbocycles. The van der Waals surface area contributed by atoms with E-state index in [1.54, 1.807) is 47.2 Å². The highest BCUT2D eigenvalue weighted by Gasteiger charge is 2.14. The van der Waals surface area contributed by atoms with Crippen molar-refractivity contribution in [2.24, 2.45) is 0 Å². The average Bonchev–Trinajstić information content (AvgIpc) is 3.46. The lowest BCUT2D eigenvalue weighted by Crippen LogP contribution is -2.10. The van der Waals surface area contributed by atoms with Crippen LogP contribution < -0.4 is 5.32 Å². The van der Waals surface area contributed by atoms with Crippen molar-refractivity contribution in [3.63, 3.8) is 0 Å². The fourth-order valence-corrected chi connectivity index (χ4v) is 3.98. The number of anilines is 1. The Hall–Kier alpha value is -3.20. The third-order valence-corrected chi connectivity index (χ3v) is 5.99. The van der Waals surface area contributed by atoms with Crippen molar-refractivity contribution in [3.8, 4) is 21.9 Å². The molecule has 5 aromatic rings. The van der Waals surface area contributed by atoms with Gasteiger partial charge in [0.1, 0.15) is 17.1 Å². The van der Waals surface area contributed by atoms with Gasteiger partial charge < -0.3 is 9.73 Å². The molecule has 2 aromatic carbocycles. The number of halogens is 2. The topological polar surface area (TPSA) is 85.3 Å². The number of nitrogens with one attached hydrogen (secondary N) is 1. The summed E-state index contributed by atoms with van der Waals surface area (Å²) in [6.45, 7) is 0. The highest BCUT2D eigenvalue weighted by molar-refractivity contribution is 7.19. The lowest BCUT2D eigenvalue weighted by Gasteiger charge is -2.05. The summed E-state index contributed by atoms with van der Waals surface area (Å²) in [5.74, 6) is 0.337. The SMILES string of the molecule is O=C(Nc1cccc(-c2nn3cnnc3s2)c1)c1ccc(-c2ccc(Cl)c(Cl)c2)o1. The molecule has 0 aliphatic heterocycles. The number of carbonyl (C=O) groups excluding carboxylic acids is 1. The quantitative estimate of drug-likeness (QED) is 0.377. The Balaban J connectivity index is 1.36. The number of hydrogen-bond donors (Lipinski definition) is 1. The molecule has 0 fully saturated rings. The van der Waals surface area contributed by atoms with Crippen LogP contribution in [0, 0.1) is 0 Å². The predicted molar refractivity (Wildman–Crippen MR) is 116 cm³/mol. The van der Waals surface area contributed by atoms with E-state index < -0.39 is 0 Å². The molecule has 3 aromatic heterocycles. The number of rotatable bonds is 4. The first-order valence-electron chi connectivity index (χ1n) is 8.71. The van der Waals surface area contributed by atoms with E-state index in [0.29, 0.717) is 26.5 Å². The van der Waals surface area contributed by atoms with Crippen LogP contribution in [0.2, 0.25) is 10.0 Å². The normalized spacial score (nSPS) is 11.1. The molecule has 0 aliphatic rings. The van der Waals surface area contributed by atoms with Crippen molar-refractivity contribution in [3.05, 3.63) is 76.7 Å². The lowest BCUT2D eigenvalue weighted by atomic mass is 10.2.